The van der Waals surface area contributed by atoms with Crippen LogP contribution < -0.4 is 10.6 Å². The van der Waals surface area contributed by atoms with Gasteiger partial charge in [0.05, 0.1) is 17.2 Å². The van der Waals surface area contributed by atoms with Gasteiger partial charge in [0.1, 0.15) is 5.65 Å². The van der Waals surface area contributed by atoms with E-state index in [1.54, 1.807) is 24.3 Å². The Hall–Kier alpha value is -3.51. The highest BCUT2D eigenvalue weighted by Crippen LogP contribution is 2.25. The molecule has 2 heterocycles. The molecule has 2 N–H and O–H groups in total. The Balaban J connectivity index is 0.00000182. The van der Waals surface area contributed by atoms with E-state index in [4.69, 9.17) is 0 Å². The van der Waals surface area contributed by atoms with Crippen molar-refractivity contribution in [3.8, 4) is 0 Å². The Labute approximate surface area is 203 Å². The summed E-state index contributed by atoms with van der Waals surface area (Å²) in [6.07, 6.45) is 13.6. The minimum Gasteiger partial charge on any atom is -0.348 e. The third kappa shape index (κ3) is 8.79. The second-order valence-electron chi connectivity index (χ2n) is 8.73. The van der Waals surface area contributed by atoms with E-state index >= 15 is 0 Å². The van der Waals surface area contributed by atoms with Crippen LogP contribution >= 0.6 is 0 Å². The summed E-state index contributed by atoms with van der Waals surface area (Å²) in [5.41, 5.74) is 4.53. The number of nitrogens with zero attached hydrogens (tertiary/aromatic N) is 2. The normalized spacial score (nSPS) is 13.0. The van der Waals surface area contributed by atoms with E-state index in [1.807, 2.05) is 70.6 Å². The molecule has 182 valence electrons. The van der Waals surface area contributed by atoms with Crippen LogP contribution in [-0.2, 0) is 4.79 Å². The molecule has 0 aliphatic carbocycles. The minimum absolute atomic E-state index is 0.169. The van der Waals surface area contributed by atoms with Gasteiger partial charge in [-0.05, 0) is 95.8 Å². The molecule has 0 bridgehead atoms. The van der Waals surface area contributed by atoms with Crippen LogP contribution in [0, 0.1) is 0 Å². The second-order valence-corrected chi connectivity index (χ2v) is 8.73. The number of hydrogen-bond acceptors (Lipinski definition) is 3. The molecule has 6 heteroatoms. The van der Waals surface area contributed by atoms with Crippen LogP contribution in [0.3, 0.4) is 0 Å². The third-order valence-corrected chi connectivity index (χ3v) is 4.33. The van der Waals surface area contributed by atoms with Crippen LogP contribution in [0.1, 0.15) is 51.6 Å². The number of pyridine rings is 1. The lowest BCUT2D eigenvalue weighted by molar-refractivity contribution is -0.117. The largest absolute Gasteiger partial charge is 0.348 e. The van der Waals surface area contributed by atoms with Gasteiger partial charge in [-0.25, -0.2) is 9.37 Å². The number of rotatable bonds is 7. The molecule has 2 rings (SSSR count). The summed E-state index contributed by atoms with van der Waals surface area (Å²) >= 11 is 0. The lowest BCUT2D eigenvalue weighted by atomic mass is 10.1. The maximum atomic E-state index is 13.1. The van der Waals surface area contributed by atoms with Crippen molar-refractivity contribution in [2.24, 2.45) is 0 Å². The van der Waals surface area contributed by atoms with Crippen molar-refractivity contribution in [1.82, 2.24) is 20.0 Å². The molecule has 2 aromatic heterocycles. The highest BCUT2D eigenvalue weighted by Gasteiger charge is 2.13. The number of amides is 1. The van der Waals surface area contributed by atoms with E-state index < -0.39 is 0 Å². The average molecular weight is 465 g/mol. The SMILES string of the molecule is C=C/C=C(\C=C\C(=O)NC(C)(C)C)c1ccc2nc(/C(C)=C/C=C(\C)F)c(C=C)n2c1.CNC. The first-order valence-corrected chi connectivity index (χ1v) is 11.0. The quantitative estimate of drug-likeness (QED) is 0.383. The van der Waals surface area contributed by atoms with Gasteiger partial charge in [0, 0.05) is 17.8 Å². The van der Waals surface area contributed by atoms with Crippen molar-refractivity contribution < 1.29 is 9.18 Å². The van der Waals surface area contributed by atoms with Gasteiger partial charge in [0.25, 0.3) is 0 Å². The highest BCUT2D eigenvalue weighted by atomic mass is 19.1. The minimum atomic E-state index is -0.310. The van der Waals surface area contributed by atoms with Crippen LogP contribution in [0.15, 0.2) is 73.8 Å². The molecule has 0 aliphatic rings. The van der Waals surface area contributed by atoms with E-state index in [0.717, 1.165) is 33.7 Å². The number of hydrogen-bond donors (Lipinski definition) is 2. The summed E-state index contributed by atoms with van der Waals surface area (Å²) in [6.45, 7) is 16.8. The summed E-state index contributed by atoms with van der Waals surface area (Å²) in [5, 5.41) is 5.66. The maximum absolute atomic E-state index is 13.1. The maximum Gasteiger partial charge on any atom is 0.244 e. The summed E-state index contributed by atoms with van der Waals surface area (Å²) in [5.74, 6) is -0.441. The van der Waals surface area contributed by atoms with Gasteiger partial charge in [-0.1, -0.05) is 31.4 Å². The molecule has 0 aliphatic heterocycles. The van der Waals surface area contributed by atoms with Crippen molar-refractivity contribution in [2.75, 3.05) is 14.1 Å². The van der Waals surface area contributed by atoms with Gasteiger partial charge in [-0.3, -0.25) is 9.20 Å². The average Bonchev–Trinajstić information content (AvgIpc) is 3.12. The van der Waals surface area contributed by atoms with Gasteiger partial charge in [0.2, 0.25) is 5.91 Å². The number of nitrogens with one attached hydrogen (secondary N) is 2. The Kier molecular flexibility index (Phi) is 11.1. The molecule has 0 unspecified atom stereocenters. The van der Waals surface area contributed by atoms with E-state index in [9.17, 15) is 9.18 Å². The summed E-state index contributed by atoms with van der Waals surface area (Å²) in [7, 11) is 3.75. The van der Waals surface area contributed by atoms with Gasteiger partial charge >= 0.3 is 0 Å². The zero-order chi connectivity index (χ0) is 25.9. The topological polar surface area (TPSA) is 58.4 Å². The number of aromatic nitrogens is 2. The fraction of sp³-hybridized carbons (Fsp3) is 0.286. The molecule has 0 radical (unpaired) electrons. The molecule has 0 fully saturated rings. The molecule has 0 saturated carbocycles. The Morgan fingerprint density at radius 1 is 1.09 bits per heavy atom. The predicted molar refractivity (Wildman–Crippen MR) is 144 cm³/mol. The monoisotopic (exact) mass is 464 g/mol. The molecular weight excluding hydrogens is 427 g/mol. The molecule has 0 atom stereocenters. The zero-order valence-electron chi connectivity index (χ0n) is 21.4. The lowest BCUT2D eigenvalue weighted by Gasteiger charge is -2.19. The molecule has 1 amide bonds. The first kappa shape index (κ1) is 28.5. The fourth-order valence-electron chi connectivity index (χ4n) is 2.99. The highest BCUT2D eigenvalue weighted by molar-refractivity contribution is 5.91. The standard InChI is InChI=1S/C26H30FN3O.C2H7N/c1-8-10-20(14-16-24(31)29-26(5,6)7)21-13-15-23-28-25(18(3)11-12-19(4)27)22(9-2)30(23)17-21;1-3-2/h8-17H,1-2H2,3-7H3,(H,29,31);3H,1-2H3/b16-14+,18-11+,19-12+,20-10+;. The van der Waals surface area contributed by atoms with Crippen molar-refractivity contribution in [3.05, 3.63) is 90.7 Å². The molecule has 0 saturated heterocycles. The van der Waals surface area contributed by atoms with Crippen LogP contribution in [0.25, 0.3) is 22.9 Å². The Morgan fingerprint density at radius 3 is 2.26 bits per heavy atom. The lowest BCUT2D eigenvalue weighted by Crippen LogP contribution is -2.39. The molecule has 5 nitrogen and oxygen atoms in total. The molecular formula is C28H37FN4O. The number of imidazole rings is 1. The van der Waals surface area contributed by atoms with Crippen LogP contribution in [-0.4, -0.2) is 34.9 Å². The first-order chi connectivity index (χ1) is 16.0. The van der Waals surface area contributed by atoms with Crippen LogP contribution in [0.5, 0.6) is 0 Å². The van der Waals surface area contributed by atoms with Crippen molar-refractivity contribution >= 4 is 28.8 Å². The number of carbonyl (C=O) groups excluding carboxylic acids is 1. The van der Waals surface area contributed by atoms with Crippen LogP contribution in [0.2, 0.25) is 0 Å². The molecule has 0 aromatic carbocycles. The third-order valence-electron chi connectivity index (χ3n) is 4.33. The first-order valence-electron chi connectivity index (χ1n) is 11.0. The molecule has 0 spiro atoms. The number of carbonyl (C=O) groups is 1. The molecule has 34 heavy (non-hydrogen) atoms. The molecule has 2 aromatic rings. The second kappa shape index (κ2) is 13.3. The zero-order valence-corrected chi connectivity index (χ0v) is 21.4. The summed E-state index contributed by atoms with van der Waals surface area (Å²) < 4.78 is 15.1. The summed E-state index contributed by atoms with van der Waals surface area (Å²) in [6, 6.07) is 3.83. The van der Waals surface area contributed by atoms with Gasteiger partial charge in [0.15, 0.2) is 0 Å². The predicted octanol–water partition coefficient (Wildman–Crippen LogP) is 6.13. The van der Waals surface area contributed by atoms with Gasteiger partial charge in [-0.2, -0.15) is 0 Å². The smallest absolute Gasteiger partial charge is 0.244 e. The van der Waals surface area contributed by atoms with Gasteiger partial charge in [-0.15, -0.1) is 0 Å². The van der Waals surface area contributed by atoms with E-state index in [2.05, 4.69) is 28.8 Å². The summed E-state index contributed by atoms with van der Waals surface area (Å²) in [4.78, 5) is 16.9. The van der Waals surface area contributed by atoms with E-state index in [1.165, 1.54) is 19.1 Å². The van der Waals surface area contributed by atoms with Gasteiger partial charge < -0.3 is 10.6 Å². The van der Waals surface area contributed by atoms with Crippen molar-refractivity contribution in [3.63, 3.8) is 0 Å². The number of halogens is 1. The van der Waals surface area contributed by atoms with E-state index in [-0.39, 0.29) is 17.3 Å². The number of allylic oxidation sites excluding steroid dienone is 8. The van der Waals surface area contributed by atoms with E-state index in [0.29, 0.717) is 0 Å². The number of fused-ring (bicyclic) bond motifs is 1. The Bertz CT molecular complexity index is 1140. The van der Waals surface area contributed by atoms with Crippen molar-refractivity contribution in [2.45, 2.75) is 40.2 Å². The van der Waals surface area contributed by atoms with Crippen molar-refractivity contribution in [1.29, 1.82) is 0 Å². The van der Waals surface area contributed by atoms with Crippen LogP contribution in [0.4, 0.5) is 4.39 Å². The Morgan fingerprint density at radius 2 is 1.74 bits per heavy atom. The fourth-order valence-corrected chi connectivity index (χ4v) is 2.99.